The molecule has 1 heterocycles. The topological polar surface area (TPSA) is 107 Å². The van der Waals surface area contributed by atoms with Gasteiger partial charge in [0.1, 0.15) is 11.0 Å². The molecule has 122 valence electrons. The molecule has 24 heavy (non-hydrogen) atoms. The third-order valence-electron chi connectivity index (χ3n) is 3.05. The second-order valence-corrected chi connectivity index (χ2v) is 5.17. The number of aromatic nitrogens is 2. The molecule has 1 N–H and O–H groups in total. The number of nitro groups is 1. The fourth-order valence-electron chi connectivity index (χ4n) is 1.96. The summed E-state index contributed by atoms with van der Waals surface area (Å²) in [5.41, 5.74) is 1.28. The molecule has 8 nitrogen and oxygen atoms in total. The molecule has 0 saturated carbocycles. The van der Waals surface area contributed by atoms with Crippen molar-refractivity contribution in [2.75, 3.05) is 11.9 Å². The highest BCUT2D eigenvalue weighted by Gasteiger charge is 2.14. The first-order valence-electron chi connectivity index (χ1n) is 6.62. The number of fused-ring (bicyclic) bond motifs is 1. The van der Waals surface area contributed by atoms with Crippen molar-refractivity contribution in [1.82, 2.24) is 8.75 Å². The zero-order valence-corrected chi connectivity index (χ0v) is 12.7. The van der Waals surface area contributed by atoms with Gasteiger partial charge in [-0.1, -0.05) is 6.07 Å². The average Bonchev–Trinajstić information content (AvgIpc) is 3.03. The molecule has 0 aliphatic rings. The van der Waals surface area contributed by atoms with Crippen molar-refractivity contribution in [3.05, 3.63) is 52.3 Å². The van der Waals surface area contributed by atoms with E-state index in [-0.39, 0.29) is 5.75 Å². The summed E-state index contributed by atoms with van der Waals surface area (Å²) in [6, 6.07) is 8.07. The first-order chi connectivity index (χ1) is 11.5. The van der Waals surface area contributed by atoms with Crippen LogP contribution in [0.4, 0.5) is 15.8 Å². The average molecular weight is 348 g/mol. The number of nitrogens with zero attached hydrogens (tertiary/aromatic N) is 3. The maximum atomic E-state index is 13.7. The van der Waals surface area contributed by atoms with Crippen LogP contribution < -0.4 is 10.1 Å². The lowest BCUT2D eigenvalue weighted by Crippen LogP contribution is -2.20. The van der Waals surface area contributed by atoms with Crippen LogP contribution in [0.1, 0.15) is 0 Å². The summed E-state index contributed by atoms with van der Waals surface area (Å²) in [4.78, 5) is 21.7. The third-order valence-corrected chi connectivity index (χ3v) is 3.59. The number of anilines is 1. The Labute approximate surface area is 138 Å². The van der Waals surface area contributed by atoms with Gasteiger partial charge in [-0.2, -0.15) is 8.75 Å². The molecule has 0 aliphatic carbocycles. The van der Waals surface area contributed by atoms with Crippen LogP contribution in [0.15, 0.2) is 36.4 Å². The number of amides is 1. The van der Waals surface area contributed by atoms with Crippen molar-refractivity contribution in [2.45, 2.75) is 0 Å². The molecule has 0 saturated heterocycles. The Morgan fingerprint density at radius 3 is 2.92 bits per heavy atom. The Morgan fingerprint density at radius 1 is 1.33 bits per heavy atom. The molecule has 3 rings (SSSR count). The normalized spacial score (nSPS) is 10.5. The number of nitrogens with one attached hydrogen (secondary N) is 1. The van der Waals surface area contributed by atoms with Crippen LogP contribution in [-0.2, 0) is 4.79 Å². The molecule has 0 aliphatic heterocycles. The molecule has 1 aromatic heterocycles. The summed E-state index contributed by atoms with van der Waals surface area (Å²) in [5.74, 6) is -1.68. The number of ether oxygens (including phenoxy) is 1. The largest absolute Gasteiger partial charge is 0.481 e. The molecule has 3 aromatic rings. The van der Waals surface area contributed by atoms with Crippen LogP contribution in [0.25, 0.3) is 11.0 Å². The predicted octanol–water partition coefficient (Wildman–Crippen LogP) is 2.76. The fourth-order valence-corrected chi connectivity index (χ4v) is 2.51. The monoisotopic (exact) mass is 348 g/mol. The lowest BCUT2D eigenvalue weighted by atomic mass is 10.2. The lowest BCUT2D eigenvalue weighted by Gasteiger charge is -2.08. The Bertz CT molecular complexity index is 930. The van der Waals surface area contributed by atoms with Crippen molar-refractivity contribution in [3.8, 4) is 5.75 Å². The van der Waals surface area contributed by atoms with Gasteiger partial charge in [-0.15, -0.1) is 0 Å². The van der Waals surface area contributed by atoms with Crippen LogP contribution in [-0.4, -0.2) is 26.2 Å². The van der Waals surface area contributed by atoms with E-state index in [0.29, 0.717) is 16.7 Å². The Hall–Kier alpha value is -3.14. The molecule has 1 amide bonds. The van der Waals surface area contributed by atoms with Crippen LogP contribution in [0.2, 0.25) is 0 Å². The minimum absolute atomic E-state index is 0.246. The number of carbonyl (C=O) groups is 1. The van der Waals surface area contributed by atoms with Gasteiger partial charge in [0.2, 0.25) is 0 Å². The number of halogens is 1. The standard InChI is InChI=1S/C14H9FN4O4S/c15-9-6-8(19(21)22)4-5-12(9)23-7-13(20)16-10-2-1-3-11-14(10)18-24-17-11/h1-6H,7H2,(H,16,20). The Kier molecular flexibility index (Phi) is 4.29. The van der Waals surface area contributed by atoms with Crippen molar-refractivity contribution in [1.29, 1.82) is 0 Å². The molecule has 0 unspecified atom stereocenters. The Balaban J connectivity index is 1.66. The summed E-state index contributed by atoms with van der Waals surface area (Å²) >= 11 is 1.02. The highest BCUT2D eigenvalue weighted by molar-refractivity contribution is 7.00. The van der Waals surface area contributed by atoms with Crippen molar-refractivity contribution >= 4 is 40.0 Å². The van der Waals surface area contributed by atoms with Gasteiger partial charge in [0, 0.05) is 6.07 Å². The molecule has 0 bridgehead atoms. The summed E-state index contributed by atoms with van der Waals surface area (Å²) in [5, 5.41) is 13.1. The highest BCUT2D eigenvalue weighted by Crippen LogP contribution is 2.23. The molecule has 10 heteroatoms. The number of hydrogen-bond acceptors (Lipinski definition) is 7. The van der Waals surface area contributed by atoms with Crippen LogP contribution in [0, 0.1) is 15.9 Å². The minimum atomic E-state index is -0.914. The third kappa shape index (κ3) is 3.27. The summed E-state index contributed by atoms with van der Waals surface area (Å²) in [6.45, 7) is -0.456. The zero-order chi connectivity index (χ0) is 17.1. The van der Waals surface area contributed by atoms with Crippen molar-refractivity contribution in [2.24, 2.45) is 0 Å². The van der Waals surface area contributed by atoms with E-state index in [1.54, 1.807) is 18.2 Å². The van der Waals surface area contributed by atoms with E-state index in [4.69, 9.17) is 4.74 Å². The summed E-state index contributed by atoms with van der Waals surface area (Å²) in [6.07, 6.45) is 0. The van der Waals surface area contributed by atoms with E-state index >= 15 is 0 Å². The van der Waals surface area contributed by atoms with E-state index in [9.17, 15) is 19.3 Å². The maximum absolute atomic E-state index is 13.7. The number of hydrogen-bond donors (Lipinski definition) is 1. The van der Waals surface area contributed by atoms with Gasteiger partial charge in [-0.05, 0) is 18.2 Å². The van der Waals surface area contributed by atoms with Gasteiger partial charge < -0.3 is 10.1 Å². The van der Waals surface area contributed by atoms with E-state index in [2.05, 4.69) is 14.1 Å². The molecular formula is C14H9FN4O4S. The molecule has 2 aromatic carbocycles. The summed E-state index contributed by atoms with van der Waals surface area (Å²) in [7, 11) is 0. The second-order valence-electron chi connectivity index (χ2n) is 4.65. The van der Waals surface area contributed by atoms with E-state index in [1.807, 2.05) is 0 Å². The SMILES string of the molecule is O=C(COc1ccc([N+](=O)[O-])cc1F)Nc1cccc2nsnc12. The van der Waals surface area contributed by atoms with E-state index < -0.39 is 28.9 Å². The lowest BCUT2D eigenvalue weighted by molar-refractivity contribution is -0.385. The van der Waals surface area contributed by atoms with Crippen molar-refractivity contribution in [3.63, 3.8) is 0 Å². The smallest absolute Gasteiger partial charge is 0.272 e. The predicted molar refractivity (Wildman–Crippen MR) is 84.6 cm³/mol. The number of non-ortho nitro benzene ring substituents is 1. The van der Waals surface area contributed by atoms with Crippen LogP contribution in [0.5, 0.6) is 5.75 Å². The highest BCUT2D eigenvalue weighted by atomic mass is 32.1. The van der Waals surface area contributed by atoms with Gasteiger partial charge in [-0.25, -0.2) is 4.39 Å². The van der Waals surface area contributed by atoms with Gasteiger partial charge in [0.05, 0.1) is 28.4 Å². The number of carbonyl (C=O) groups excluding carboxylic acids is 1. The second kappa shape index (κ2) is 6.54. The molecule has 0 fully saturated rings. The summed E-state index contributed by atoms with van der Waals surface area (Å²) < 4.78 is 26.9. The molecule has 0 atom stereocenters. The van der Waals surface area contributed by atoms with Gasteiger partial charge >= 0.3 is 0 Å². The van der Waals surface area contributed by atoms with Crippen molar-refractivity contribution < 1.29 is 18.8 Å². The number of rotatable bonds is 5. The van der Waals surface area contributed by atoms with Crippen LogP contribution >= 0.6 is 11.7 Å². The van der Waals surface area contributed by atoms with Gasteiger partial charge in [-0.3, -0.25) is 14.9 Å². The van der Waals surface area contributed by atoms with Gasteiger partial charge in [0.25, 0.3) is 11.6 Å². The quantitative estimate of drug-likeness (QED) is 0.561. The maximum Gasteiger partial charge on any atom is 0.272 e. The van der Waals surface area contributed by atoms with E-state index in [1.165, 1.54) is 0 Å². The molecule has 0 radical (unpaired) electrons. The zero-order valence-electron chi connectivity index (χ0n) is 11.9. The van der Waals surface area contributed by atoms with Gasteiger partial charge in [0.15, 0.2) is 18.2 Å². The first kappa shape index (κ1) is 15.7. The van der Waals surface area contributed by atoms with Crippen LogP contribution in [0.3, 0.4) is 0 Å². The fraction of sp³-hybridized carbons (Fsp3) is 0.0714. The first-order valence-corrected chi connectivity index (χ1v) is 7.35. The molecular weight excluding hydrogens is 339 g/mol. The van der Waals surface area contributed by atoms with E-state index in [0.717, 1.165) is 29.9 Å². The number of nitro benzene ring substituents is 1. The minimum Gasteiger partial charge on any atom is -0.481 e. The number of benzene rings is 2. The Morgan fingerprint density at radius 2 is 2.17 bits per heavy atom. The molecule has 0 spiro atoms.